The van der Waals surface area contributed by atoms with Crippen molar-refractivity contribution in [1.82, 2.24) is 0 Å². The van der Waals surface area contributed by atoms with E-state index < -0.39 is 5.97 Å². The van der Waals surface area contributed by atoms with E-state index in [1.54, 1.807) is 6.07 Å². The van der Waals surface area contributed by atoms with E-state index in [1.165, 1.54) is 6.07 Å². The predicted molar refractivity (Wildman–Crippen MR) is 64.5 cm³/mol. The van der Waals surface area contributed by atoms with E-state index in [4.69, 9.17) is 14.6 Å². The van der Waals surface area contributed by atoms with Crippen LogP contribution in [-0.4, -0.2) is 35.4 Å². The quantitative estimate of drug-likeness (QED) is 0.763. The SMILES string of the molecule is CCC(CC)N(CCO)c1ccc(C(=O)O)o1. The van der Waals surface area contributed by atoms with Crippen molar-refractivity contribution < 1.29 is 19.4 Å². The summed E-state index contributed by atoms with van der Waals surface area (Å²) in [5, 5.41) is 17.9. The topological polar surface area (TPSA) is 73.9 Å². The number of aliphatic hydroxyl groups excluding tert-OH is 1. The van der Waals surface area contributed by atoms with Gasteiger partial charge in [-0.2, -0.15) is 0 Å². The molecular formula is C12H19NO4. The Labute approximate surface area is 101 Å². The molecule has 1 heterocycles. The van der Waals surface area contributed by atoms with Crippen LogP contribution in [0.25, 0.3) is 0 Å². The summed E-state index contributed by atoms with van der Waals surface area (Å²) in [5.41, 5.74) is 0. The molecule has 0 fully saturated rings. The molecule has 0 aromatic carbocycles. The standard InChI is InChI=1S/C12H19NO4/c1-3-9(4-2)13(7-8-14)11-6-5-10(17-11)12(15)16/h5-6,9,14H,3-4,7-8H2,1-2H3,(H,15,16). The molecule has 17 heavy (non-hydrogen) atoms. The second kappa shape index (κ2) is 6.30. The fourth-order valence-corrected chi connectivity index (χ4v) is 1.91. The van der Waals surface area contributed by atoms with Gasteiger partial charge in [0.25, 0.3) is 0 Å². The van der Waals surface area contributed by atoms with Crippen LogP contribution in [-0.2, 0) is 0 Å². The van der Waals surface area contributed by atoms with E-state index in [0.29, 0.717) is 12.4 Å². The molecule has 2 N–H and O–H groups in total. The zero-order valence-corrected chi connectivity index (χ0v) is 10.2. The molecule has 5 nitrogen and oxygen atoms in total. The van der Waals surface area contributed by atoms with E-state index in [0.717, 1.165) is 12.8 Å². The molecule has 0 saturated carbocycles. The summed E-state index contributed by atoms with van der Waals surface area (Å²) in [6, 6.07) is 3.32. The fourth-order valence-electron chi connectivity index (χ4n) is 1.91. The molecule has 0 bridgehead atoms. The number of carboxylic acid groups (broad SMARTS) is 1. The second-order valence-corrected chi connectivity index (χ2v) is 3.83. The Balaban J connectivity index is 2.91. The van der Waals surface area contributed by atoms with Gasteiger partial charge in [0, 0.05) is 18.7 Å². The Hall–Kier alpha value is -1.49. The molecule has 5 heteroatoms. The third kappa shape index (κ3) is 3.23. The van der Waals surface area contributed by atoms with E-state index in [-0.39, 0.29) is 18.4 Å². The fraction of sp³-hybridized carbons (Fsp3) is 0.583. The van der Waals surface area contributed by atoms with Crippen LogP contribution >= 0.6 is 0 Å². The number of anilines is 1. The first-order valence-electron chi connectivity index (χ1n) is 5.84. The maximum absolute atomic E-state index is 10.7. The molecular weight excluding hydrogens is 222 g/mol. The summed E-state index contributed by atoms with van der Waals surface area (Å²) in [6.07, 6.45) is 1.83. The number of aliphatic hydroxyl groups is 1. The highest BCUT2D eigenvalue weighted by Gasteiger charge is 2.19. The first-order valence-corrected chi connectivity index (χ1v) is 5.84. The Morgan fingerprint density at radius 3 is 2.47 bits per heavy atom. The molecule has 0 spiro atoms. The van der Waals surface area contributed by atoms with Gasteiger partial charge in [-0.15, -0.1) is 0 Å². The van der Waals surface area contributed by atoms with Gasteiger partial charge < -0.3 is 19.5 Å². The summed E-state index contributed by atoms with van der Waals surface area (Å²) >= 11 is 0. The minimum Gasteiger partial charge on any atom is -0.475 e. The Morgan fingerprint density at radius 2 is 2.06 bits per heavy atom. The molecule has 0 amide bonds. The number of rotatable bonds is 7. The lowest BCUT2D eigenvalue weighted by atomic mass is 10.1. The van der Waals surface area contributed by atoms with Gasteiger partial charge in [-0.1, -0.05) is 13.8 Å². The second-order valence-electron chi connectivity index (χ2n) is 3.83. The maximum Gasteiger partial charge on any atom is 0.371 e. The van der Waals surface area contributed by atoms with E-state index in [1.807, 2.05) is 4.90 Å². The van der Waals surface area contributed by atoms with Crippen LogP contribution in [0.5, 0.6) is 0 Å². The van der Waals surface area contributed by atoms with Crippen molar-refractivity contribution in [3.05, 3.63) is 17.9 Å². The zero-order valence-electron chi connectivity index (χ0n) is 10.2. The number of hydrogen-bond donors (Lipinski definition) is 2. The van der Waals surface area contributed by atoms with Crippen LogP contribution in [0.3, 0.4) is 0 Å². The van der Waals surface area contributed by atoms with Gasteiger partial charge in [0.05, 0.1) is 6.61 Å². The van der Waals surface area contributed by atoms with Gasteiger partial charge >= 0.3 is 5.97 Å². The first kappa shape index (κ1) is 13.6. The van der Waals surface area contributed by atoms with Crippen molar-refractivity contribution in [3.8, 4) is 0 Å². The monoisotopic (exact) mass is 241 g/mol. The average Bonchev–Trinajstić information content (AvgIpc) is 2.78. The minimum absolute atomic E-state index is 0.0135. The van der Waals surface area contributed by atoms with Crippen LogP contribution in [0.2, 0.25) is 0 Å². The van der Waals surface area contributed by atoms with Crippen LogP contribution in [0.4, 0.5) is 5.88 Å². The number of carbonyl (C=O) groups is 1. The highest BCUT2D eigenvalue weighted by molar-refractivity contribution is 5.84. The Kier molecular flexibility index (Phi) is 5.03. The lowest BCUT2D eigenvalue weighted by molar-refractivity contribution is 0.0663. The third-order valence-electron chi connectivity index (χ3n) is 2.81. The number of hydrogen-bond acceptors (Lipinski definition) is 4. The minimum atomic E-state index is -1.08. The molecule has 1 rings (SSSR count). The van der Waals surface area contributed by atoms with Gasteiger partial charge in [-0.25, -0.2) is 4.79 Å². The number of aromatic carboxylic acids is 1. The van der Waals surface area contributed by atoms with Crippen molar-refractivity contribution in [3.63, 3.8) is 0 Å². The number of nitrogens with zero attached hydrogens (tertiary/aromatic N) is 1. The first-order chi connectivity index (χ1) is 8.13. The van der Waals surface area contributed by atoms with Crippen LogP contribution < -0.4 is 4.90 Å². The highest BCUT2D eigenvalue weighted by Crippen LogP contribution is 2.23. The summed E-state index contributed by atoms with van der Waals surface area (Å²) in [4.78, 5) is 12.7. The molecule has 1 aromatic rings. The van der Waals surface area contributed by atoms with Crippen molar-refractivity contribution in [2.24, 2.45) is 0 Å². The van der Waals surface area contributed by atoms with Crippen LogP contribution in [0.15, 0.2) is 16.5 Å². The lowest BCUT2D eigenvalue weighted by Crippen LogP contribution is -2.36. The van der Waals surface area contributed by atoms with Gasteiger partial charge in [0.1, 0.15) is 0 Å². The molecule has 1 aromatic heterocycles. The van der Waals surface area contributed by atoms with Crippen molar-refractivity contribution >= 4 is 11.9 Å². The van der Waals surface area contributed by atoms with Crippen LogP contribution in [0.1, 0.15) is 37.2 Å². The van der Waals surface area contributed by atoms with Gasteiger partial charge in [-0.3, -0.25) is 0 Å². The Morgan fingerprint density at radius 1 is 1.41 bits per heavy atom. The van der Waals surface area contributed by atoms with E-state index in [2.05, 4.69) is 13.8 Å². The Bertz CT molecular complexity index is 357. The van der Waals surface area contributed by atoms with E-state index in [9.17, 15) is 4.79 Å². The smallest absolute Gasteiger partial charge is 0.371 e. The number of furan rings is 1. The molecule has 0 radical (unpaired) electrons. The van der Waals surface area contributed by atoms with Gasteiger partial charge in [0.15, 0.2) is 5.88 Å². The third-order valence-corrected chi connectivity index (χ3v) is 2.81. The molecule has 0 atom stereocenters. The summed E-state index contributed by atoms with van der Waals surface area (Å²) < 4.78 is 5.26. The normalized spacial score (nSPS) is 10.8. The highest BCUT2D eigenvalue weighted by atomic mass is 16.4. The molecule has 0 aliphatic carbocycles. The predicted octanol–water partition coefficient (Wildman–Crippen LogP) is 1.97. The summed E-state index contributed by atoms with van der Waals surface area (Å²) in [6.45, 7) is 4.57. The lowest BCUT2D eigenvalue weighted by Gasteiger charge is -2.29. The molecule has 0 saturated heterocycles. The van der Waals surface area contributed by atoms with Gasteiger partial charge in [-0.05, 0) is 18.9 Å². The largest absolute Gasteiger partial charge is 0.475 e. The molecule has 0 aliphatic heterocycles. The average molecular weight is 241 g/mol. The summed E-state index contributed by atoms with van der Waals surface area (Å²) in [7, 11) is 0. The van der Waals surface area contributed by atoms with E-state index >= 15 is 0 Å². The molecule has 96 valence electrons. The van der Waals surface area contributed by atoms with Crippen molar-refractivity contribution in [2.75, 3.05) is 18.1 Å². The molecule has 0 unspecified atom stereocenters. The van der Waals surface area contributed by atoms with Crippen LogP contribution in [0, 0.1) is 0 Å². The number of carboxylic acids is 1. The maximum atomic E-state index is 10.7. The van der Waals surface area contributed by atoms with Crippen molar-refractivity contribution in [2.45, 2.75) is 32.7 Å². The van der Waals surface area contributed by atoms with Crippen molar-refractivity contribution in [1.29, 1.82) is 0 Å². The van der Waals surface area contributed by atoms with Gasteiger partial charge in [0.2, 0.25) is 5.76 Å². The zero-order chi connectivity index (χ0) is 12.8. The summed E-state index contributed by atoms with van der Waals surface area (Å²) in [5.74, 6) is -0.649. The molecule has 0 aliphatic rings.